The minimum Gasteiger partial charge on any atom is -0.396 e. The maximum Gasteiger partial charge on any atom is 0.280 e. The van der Waals surface area contributed by atoms with Crippen molar-refractivity contribution in [3.05, 3.63) is 21.9 Å². The zero-order valence-corrected chi connectivity index (χ0v) is 10.2. The Morgan fingerprint density at radius 1 is 1.56 bits per heavy atom. The van der Waals surface area contributed by atoms with Crippen LogP contribution in [0.4, 0.5) is 5.69 Å². The van der Waals surface area contributed by atoms with Crippen LogP contribution in [0.5, 0.6) is 0 Å². The van der Waals surface area contributed by atoms with Gasteiger partial charge in [0.2, 0.25) is 0 Å². The lowest BCUT2D eigenvalue weighted by molar-refractivity contribution is 0.100. The first-order valence-corrected chi connectivity index (χ1v) is 5.04. The molecule has 0 spiro atoms. The summed E-state index contributed by atoms with van der Waals surface area (Å²) in [7, 11) is 3.49. The van der Waals surface area contributed by atoms with E-state index in [0.717, 1.165) is 0 Å². The number of aromatic nitrogens is 1. The summed E-state index contributed by atoms with van der Waals surface area (Å²) >= 11 is 11.4. The van der Waals surface area contributed by atoms with Crippen molar-refractivity contribution in [2.24, 2.45) is 4.99 Å². The molecule has 0 aliphatic carbocycles. The van der Waals surface area contributed by atoms with Gasteiger partial charge in [-0.3, -0.25) is 4.79 Å². The lowest BCUT2D eigenvalue weighted by Gasteiger charge is -2.05. The lowest BCUT2D eigenvalue weighted by Crippen LogP contribution is -2.11. The number of nitrogens with two attached hydrogens (primary N) is 1. The van der Waals surface area contributed by atoms with Gasteiger partial charge in [-0.25, -0.2) is 4.98 Å². The van der Waals surface area contributed by atoms with Crippen molar-refractivity contribution in [1.29, 1.82) is 0 Å². The van der Waals surface area contributed by atoms with E-state index in [0.29, 0.717) is 0 Å². The summed E-state index contributed by atoms with van der Waals surface area (Å²) in [6.07, 6.45) is 1.37. The van der Waals surface area contributed by atoms with Gasteiger partial charge in [0.25, 0.3) is 5.91 Å². The summed E-state index contributed by atoms with van der Waals surface area (Å²) in [6, 6.07) is 1.33. The average molecular weight is 261 g/mol. The van der Waals surface area contributed by atoms with Gasteiger partial charge in [0.1, 0.15) is 5.15 Å². The van der Waals surface area contributed by atoms with E-state index in [2.05, 4.69) is 9.98 Å². The van der Waals surface area contributed by atoms with Crippen molar-refractivity contribution in [1.82, 2.24) is 9.88 Å². The molecule has 1 aromatic rings. The van der Waals surface area contributed by atoms with Crippen molar-refractivity contribution >= 4 is 41.1 Å². The normalized spacial score (nSPS) is 10.8. The van der Waals surface area contributed by atoms with Crippen LogP contribution in [0.25, 0.3) is 0 Å². The first kappa shape index (κ1) is 12.7. The number of rotatable bonds is 2. The molecular formula is C9H10Cl2N4O. The minimum absolute atomic E-state index is 0.00379. The van der Waals surface area contributed by atoms with Crippen molar-refractivity contribution in [2.75, 3.05) is 19.8 Å². The van der Waals surface area contributed by atoms with Gasteiger partial charge in [-0.1, -0.05) is 23.2 Å². The summed E-state index contributed by atoms with van der Waals surface area (Å²) in [5, 5.41) is 0.0958. The molecule has 1 rings (SSSR count). The molecule has 0 fully saturated rings. The van der Waals surface area contributed by atoms with Crippen LogP contribution in [-0.2, 0) is 0 Å². The standard InChI is InChI=1S/C9H10Cl2N4O/c1-15(2)4-13-9(16)5-3-6(10)14-8(11)7(5)12/h3-4H,12H2,1-2H3/b13-4-. The molecular weight excluding hydrogens is 251 g/mol. The fraction of sp³-hybridized carbons (Fsp3) is 0.222. The second-order valence-corrected chi connectivity index (χ2v) is 3.96. The molecule has 0 aliphatic rings. The first-order chi connectivity index (χ1) is 7.41. The highest BCUT2D eigenvalue weighted by Crippen LogP contribution is 2.24. The highest BCUT2D eigenvalue weighted by Gasteiger charge is 2.13. The molecule has 7 heteroatoms. The molecule has 0 saturated carbocycles. The molecule has 86 valence electrons. The third kappa shape index (κ3) is 3.08. The highest BCUT2D eigenvalue weighted by molar-refractivity contribution is 6.35. The van der Waals surface area contributed by atoms with Gasteiger partial charge < -0.3 is 10.6 Å². The molecule has 1 amide bonds. The minimum atomic E-state index is -0.516. The van der Waals surface area contributed by atoms with Crippen LogP contribution in [0.3, 0.4) is 0 Å². The molecule has 0 aromatic carbocycles. The predicted octanol–water partition coefficient (Wildman–Crippen LogP) is 1.70. The third-order valence-corrected chi connectivity index (χ3v) is 2.10. The van der Waals surface area contributed by atoms with E-state index in [1.165, 1.54) is 12.4 Å². The van der Waals surface area contributed by atoms with Crippen LogP contribution in [0.1, 0.15) is 10.4 Å². The molecule has 0 aliphatic heterocycles. The number of anilines is 1. The second-order valence-electron chi connectivity index (χ2n) is 3.21. The smallest absolute Gasteiger partial charge is 0.280 e. The van der Waals surface area contributed by atoms with Gasteiger partial charge in [-0.15, -0.1) is 0 Å². The average Bonchev–Trinajstić information content (AvgIpc) is 2.19. The molecule has 0 atom stereocenters. The SMILES string of the molecule is CN(C)/C=N\C(=O)c1cc(Cl)nc(Cl)c1N. The Bertz CT molecular complexity index is 445. The fourth-order valence-corrected chi connectivity index (χ4v) is 1.34. The molecule has 0 radical (unpaired) electrons. The predicted molar refractivity (Wildman–Crippen MR) is 65.2 cm³/mol. The van der Waals surface area contributed by atoms with Crippen molar-refractivity contribution < 1.29 is 4.79 Å². The lowest BCUT2D eigenvalue weighted by atomic mass is 10.2. The van der Waals surface area contributed by atoms with Gasteiger partial charge in [-0.05, 0) is 6.07 Å². The van der Waals surface area contributed by atoms with E-state index in [1.54, 1.807) is 19.0 Å². The number of hydrogen-bond acceptors (Lipinski definition) is 3. The number of carbonyl (C=O) groups excluding carboxylic acids is 1. The fourth-order valence-electron chi connectivity index (χ4n) is 0.909. The van der Waals surface area contributed by atoms with E-state index < -0.39 is 5.91 Å². The van der Waals surface area contributed by atoms with Gasteiger partial charge in [-0.2, -0.15) is 4.99 Å². The van der Waals surface area contributed by atoms with Crippen molar-refractivity contribution in [3.63, 3.8) is 0 Å². The molecule has 1 heterocycles. The van der Waals surface area contributed by atoms with Crippen LogP contribution in [0, 0.1) is 0 Å². The van der Waals surface area contributed by atoms with E-state index in [4.69, 9.17) is 28.9 Å². The Morgan fingerprint density at radius 3 is 2.75 bits per heavy atom. The van der Waals surface area contributed by atoms with E-state index in [1.807, 2.05) is 0 Å². The number of nitrogens with zero attached hydrogens (tertiary/aromatic N) is 3. The van der Waals surface area contributed by atoms with Crippen LogP contribution in [0.2, 0.25) is 10.3 Å². The Morgan fingerprint density at radius 2 is 2.19 bits per heavy atom. The van der Waals surface area contributed by atoms with Gasteiger partial charge in [0.05, 0.1) is 17.6 Å². The molecule has 1 aromatic heterocycles. The summed E-state index contributed by atoms with van der Waals surface area (Å²) in [4.78, 5) is 20.6. The van der Waals surface area contributed by atoms with Crippen LogP contribution in [0.15, 0.2) is 11.1 Å². The second kappa shape index (κ2) is 5.14. The molecule has 16 heavy (non-hydrogen) atoms. The largest absolute Gasteiger partial charge is 0.396 e. The topological polar surface area (TPSA) is 71.6 Å². The number of hydrogen-bond donors (Lipinski definition) is 1. The maximum absolute atomic E-state index is 11.6. The van der Waals surface area contributed by atoms with Gasteiger partial charge >= 0.3 is 0 Å². The van der Waals surface area contributed by atoms with Gasteiger partial charge in [0.15, 0.2) is 5.15 Å². The number of amides is 1. The van der Waals surface area contributed by atoms with Crippen LogP contribution < -0.4 is 5.73 Å². The molecule has 0 unspecified atom stereocenters. The number of aliphatic imine (C=N–C) groups is 1. The molecule has 5 nitrogen and oxygen atoms in total. The quantitative estimate of drug-likeness (QED) is 0.499. The van der Waals surface area contributed by atoms with Gasteiger partial charge in [0, 0.05) is 14.1 Å². The zero-order chi connectivity index (χ0) is 12.3. The first-order valence-electron chi connectivity index (χ1n) is 4.28. The number of carbonyl (C=O) groups is 1. The van der Waals surface area contributed by atoms with Crippen molar-refractivity contribution in [2.45, 2.75) is 0 Å². The molecule has 2 N–H and O–H groups in total. The van der Waals surface area contributed by atoms with E-state index >= 15 is 0 Å². The monoisotopic (exact) mass is 260 g/mol. The Labute approximate surface area is 103 Å². The summed E-state index contributed by atoms with van der Waals surface area (Å²) in [5.74, 6) is -0.516. The Balaban J connectivity index is 3.09. The number of halogens is 2. The highest BCUT2D eigenvalue weighted by atomic mass is 35.5. The third-order valence-electron chi connectivity index (χ3n) is 1.62. The van der Waals surface area contributed by atoms with Crippen molar-refractivity contribution in [3.8, 4) is 0 Å². The van der Waals surface area contributed by atoms with E-state index in [-0.39, 0.29) is 21.6 Å². The summed E-state index contributed by atoms with van der Waals surface area (Å²) in [5.41, 5.74) is 5.82. The summed E-state index contributed by atoms with van der Waals surface area (Å²) in [6.45, 7) is 0. The summed E-state index contributed by atoms with van der Waals surface area (Å²) < 4.78 is 0. The van der Waals surface area contributed by atoms with Crippen LogP contribution >= 0.6 is 23.2 Å². The Kier molecular flexibility index (Phi) is 4.09. The Hall–Kier alpha value is -1.33. The van der Waals surface area contributed by atoms with E-state index in [9.17, 15) is 4.79 Å². The van der Waals surface area contributed by atoms with Crippen LogP contribution in [-0.4, -0.2) is 36.2 Å². The maximum atomic E-state index is 11.6. The number of pyridine rings is 1. The number of nitrogen functional groups attached to an aromatic ring is 1. The zero-order valence-electron chi connectivity index (χ0n) is 8.74. The molecule has 0 saturated heterocycles. The molecule has 0 bridgehead atoms.